The lowest BCUT2D eigenvalue weighted by atomic mass is 10.3. The number of ether oxygens (including phenoxy) is 1. The smallest absolute Gasteiger partial charge is 0.274 e. The van der Waals surface area contributed by atoms with Gasteiger partial charge in [-0.3, -0.25) is 4.79 Å². The molecule has 1 aromatic heterocycles. The highest BCUT2D eigenvalue weighted by Crippen LogP contribution is 2.15. The van der Waals surface area contributed by atoms with Gasteiger partial charge in [0.1, 0.15) is 11.4 Å². The van der Waals surface area contributed by atoms with E-state index in [1.807, 2.05) is 0 Å². The number of hydrogen-bond acceptors (Lipinski definition) is 4. The van der Waals surface area contributed by atoms with Crippen LogP contribution in [-0.2, 0) is 0 Å². The molecule has 0 aliphatic carbocycles. The number of nitrogens with one attached hydrogen (secondary N) is 1. The molecular formula is C13H12N2O3. The fourth-order valence-electron chi connectivity index (χ4n) is 1.39. The number of aromatic nitrogens is 1. The summed E-state index contributed by atoms with van der Waals surface area (Å²) in [5, 5.41) is 11.8. The van der Waals surface area contributed by atoms with Crippen molar-refractivity contribution >= 4 is 11.6 Å². The van der Waals surface area contributed by atoms with Gasteiger partial charge in [0.05, 0.1) is 7.11 Å². The number of methoxy groups -OCH3 is 1. The number of benzene rings is 1. The van der Waals surface area contributed by atoms with Crippen molar-refractivity contribution in [2.24, 2.45) is 0 Å². The highest BCUT2D eigenvalue weighted by Gasteiger charge is 2.08. The van der Waals surface area contributed by atoms with Gasteiger partial charge in [0.15, 0.2) is 0 Å². The number of phenolic OH excluding ortho intramolecular Hbond substituents is 1. The molecule has 5 heteroatoms. The molecule has 0 fully saturated rings. The maximum absolute atomic E-state index is 11.9. The highest BCUT2D eigenvalue weighted by molar-refractivity contribution is 6.02. The van der Waals surface area contributed by atoms with Crippen molar-refractivity contribution in [2.45, 2.75) is 0 Å². The Morgan fingerprint density at radius 2 is 1.94 bits per heavy atom. The Bertz CT molecular complexity index is 552. The average molecular weight is 244 g/mol. The predicted molar refractivity (Wildman–Crippen MR) is 66.8 cm³/mol. The predicted octanol–water partition coefficient (Wildman–Crippen LogP) is 2.05. The Balaban J connectivity index is 2.14. The van der Waals surface area contributed by atoms with Crippen molar-refractivity contribution in [3.05, 3.63) is 48.2 Å². The lowest BCUT2D eigenvalue weighted by Gasteiger charge is -2.05. The van der Waals surface area contributed by atoms with Gasteiger partial charge in [0, 0.05) is 11.8 Å². The zero-order valence-corrected chi connectivity index (χ0v) is 9.75. The van der Waals surface area contributed by atoms with Gasteiger partial charge in [0.2, 0.25) is 5.88 Å². The maximum atomic E-state index is 11.9. The molecule has 0 aliphatic rings. The quantitative estimate of drug-likeness (QED) is 0.810. The first-order valence-corrected chi connectivity index (χ1v) is 5.30. The summed E-state index contributed by atoms with van der Waals surface area (Å²) in [7, 11) is 1.49. The number of anilines is 1. The van der Waals surface area contributed by atoms with Crippen molar-refractivity contribution < 1.29 is 14.6 Å². The van der Waals surface area contributed by atoms with Crippen LogP contribution in [0.1, 0.15) is 10.5 Å². The number of carbonyl (C=O) groups excluding carboxylic acids is 1. The van der Waals surface area contributed by atoms with E-state index in [2.05, 4.69) is 10.3 Å². The molecule has 0 saturated heterocycles. The monoisotopic (exact) mass is 244 g/mol. The van der Waals surface area contributed by atoms with E-state index < -0.39 is 0 Å². The summed E-state index contributed by atoms with van der Waals surface area (Å²) in [4.78, 5) is 15.9. The molecule has 0 unspecified atom stereocenters. The summed E-state index contributed by atoms with van der Waals surface area (Å²) in [5.41, 5.74) is 0.852. The normalized spacial score (nSPS) is 9.83. The summed E-state index contributed by atoms with van der Waals surface area (Å²) in [6.07, 6.45) is 0. The van der Waals surface area contributed by atoms with Crippen LogP contribution < -0.4 is 10.1 Å². The minimum Gasteiger partial charge on any atom is -0.508 e. The van der Waals surface area contributed by atoms with Crippen molar-refractivity contribution in [1.29, 1.82) is 0 Å². The molecule has 1 aromatic carbocycles. The lowest BCUT2D eigenvalue weighted by molar-refractivity contribution is 0.102. The third-order valence-electron chi connectivity index (χ3n) is 2.29. The molecule has 0 radical (unpaired) electrons. The molecule has 0 saturated carbocycles. The van der Waals surface area contributed by atoms with E-state index in [1.54, 1.807) is 30.3 Å². The summed E-state index contributed by atoms with van der Waals surface area (Å²) < 4.78 is 4.95. The Labute approximate surface area is 104 Å². The molecule has 1 amide bonds. The van der Waals surface area contributed by atoms with E-state index in [0.717, 1.165) is 0 Å². The topological polar surface area (TPSA) is 71.5 Å². The van der Waals surface area contributed by atoms with Crippen LogP contribution >= 0.6 is 0 Å². The van der Waals surface area contributed by atoms with Gasteiger partial charge in [-0.1, -0.05) is 6.07 Å². The molecule has 2 N–H and O–H groups in total. The lowest BCUT2D eigenvalue weighted by Crippen LogP contribution is -2.13. The second kappa shape index (κ2) is 5.18. The van der Waals surface area contributed by atoms with Crippen LogP contribution in [0, 0.1) is 0 Å². The molecule has 2 aromatic rings. The third-order valence-corrected chi connectivity index (χ3v) is 2.29. The molecule has 0 atom stereocenters. The summed E-state index contributed by atoms with van der Waals surface area (Å²) >= 11 is 0. The molecular weight excluding hydrogens is 232 g/mol. The first kappa shape index (κ1) is 11.9. The van der Waals surface area contributed by atoms with Gasteiger partial charge in [-0.25, -0.2) is 4.98 Å². The van der Waals surface area contributed by atoms with E-state index in [4.69, 9.17) is 9.84 Å². The average Bonchev–Trinajstić information content (AvgIpc) is 2.41. The van der Waals surface area contributed by atoms with E-state index >= 15 is 0 Å². The van der Waals surface area contributed by atoms with Crippen LogP contribution in [0.2, 0.25) is 0 Å². The molecule has 18 heavy (non-hydrogen) atoms. The van der Waals surface area contributed by atoms with Crippen molar-refractivity contribution in [2.75, 3.05) is 12.4 Å². The number of rotatable bonds is 3. The van der Waals surface area contributed by atoms with Crippen LogP contribution in [-0.4, -0.2) is 23.1 Å². The highest BCUT2D eigenvalue weighted by atomic mass is 16.5. The van der Waals surface area contributed by atoms with E-state index in [-0.39, 0.29) is 17.4 Å². The molecule has 92 valence electrons. The number of carbonyl (C=O) groups is 1. The van der Waals surface area contributed by atoms with E-state index in [9.17, 15) is 4.79 Å². The minimum absolute atomic E-state index is 0.146. The SMILES string of the molecule is COc1cccc(C(=O)Nc2ccc(O)cc2)n1. The van der Waals surface area contributed by atoms with Gasteiger partial charge in [-0.15, -0.1) is 0 Å². The minimum atomic E-state index is -0.334. The first-order chi connectivity index (χ1) is 8.69. The molecule has 5 nitrogen and oxygen atoms in total. The van der Waals surface area contributed by atoms with Gasteiger partial charge in [-0.05, 0) is 30.3 Å². The molecule has 0 aliphatic heterocycles. The number of nitrogens with zero attached hydrogens (tertiary/aromatic N) is 1. The maximum Gasteiger partial charge on any atom is 0.274 e. The van der Waals surface area contributed by atoms with Crippen LogP contribution in [0.4, 0.5) is 5.69 Å². The van der Waals surface area contributed by atoms with Crippen LogP contribution in [0.15, 0.2) is 42.5 Å². The second-order valence-electron chi connectivity index (χ2n) is 3.57. The first-order valence-electron chi connectivity index (χ1n) is 5.30. The Morgan fingerprint density at radius 3 is 2.61 bits per heavy atom. The summed E-state index contributed by atoms with van der Waals surface area (Å²) in [5.74, 6) is 0.195. The number of pyridine rings is 1. The Morgan fingerprint density at radius 1 is 1.22 bits per heavy atom. The standard InChI is InChI=1S/C13H12N2O3/c1-18-12-4-2-3-11(15-12)13(17)14-9-5-7-10(16)8-6-9/h2-8,16H,1H3,(H,14,17). The Kier molecular flexibility index (Phi) is 3.43. The molecule has 1 heterocycles. The molecule has 0 spiro atoms. The van der Waals surface area contributed by atoms with Gasteiger partial charge in [-0.2, -0.15) is 0 Å². The van der Waals surface area contributed by atoms with Gasteiger partial charge in [0.25, 0.3) is 5.91 Å². The Hall–Kier alpha value is -2.56. The van der Waals surface area contributed by atoms with E-state index in [0.29, 0.717) is 11.6 Å². The zero-order valence-electron chi connectivity index (χ0n) is 9.75. The van der Waals surface area contributed by atoms with Crippen molar-refractivity contribution in [3.63, 3.8) is 0 Å². The summed E-state index contributed by atoms with van der Waals surface area (Å²) in [6.45, 7) is 0. The number of amides is 1. The molecule has 2 rings (SSSR count). The zero-order chi connectivity index (χ0) is 13.0. The number of hydrogen-bond donors (Lipinski definition) is 2. The second-order valence-corrected chi connectivity index (χ2v) is 3.57. The fraction of sp³-hybridized carbons (Fsp3) is 0.0769. The van der Waals surface area contributed by atoms with E-state index in [1.165, 1.54) is 19.2 Å². The summed E-state index contributed by atoms with van der Waals surface area (Å²) in [6, 6.07) is 11.2. The van der Waals surface area contributed by atoms with Crippen LogP contribution in [0.3, 0.4) is 0 Å². The number of phenols is 1. The van der Waals surface area contributed by atoms with Gasteiger partial charge < -0.3 is 15.2 Å². The largest absolute Gasteiger partial charge is 0.508 e. The molecule has 0 bridgehead atoms. The van der Waals surface area contributed by atoms with Crippen LogP contribution in [0.5, 0.6) is 11.6 Å². The van der Waals surface area contributed by atoms with Crippen molar-refractivity contribution in [1.82, 2.24) is 4.98 Å². The third kappa shape index (κ3) is 2.76. The fourth-order valence-corrected chi connectivity index (χ4v) is 1.39. The van der Waals surface area contributed by atoms with Gasteiger partial charge >= 0.3 is 0 Å². The van der Waals surface area contributed by atoms with Crippen LogP contribution in [0.25, 0.3) is 0 Å². The number of aromatic hydroxyl groups is 1. The van der Waals surface area contributed by atoms with Crippen molar-refractivity contribution in [3.8, 4) is 11.6 Å².